The number of nitrogens with one attached hydrogen (secondary N) is 1. The van der Waals surface area contributed by atoms with Crippen molar-refractivity contribution < 1.29 is 9.18 Å². The number of nitrogens with zero attached hydrogens (tertiary/aromatic N) is 2. The van der Waals surface area contributed by atoms with Crippen LogP contribution in [0.5, 0.6) is 0 Å². The van der Waals surface area contributed by atoms with Crippen LogP contribution in [0, 0.1) is 5.82 Å². The highest BCUT2D eigenvalue weighted by atomic mass is 35.5. The van der Waals surface area contributed by atoms with Crippen LogP contribution in [0.1, 0.15) is 35.0 Å². The van der Waals surface area contributed by atoms with Crippen LogP contribution >= 0.6 is 34.5 Å². The quantitative estimate of drug-likeness (QED) is 0.849. The number of aromatic nitrogens is 2. The molecule has 2 aromatic heterocycles. The van der Waals surface area contributed by atoms with Gasteiger partial charge in [-0.15, -0.1) is 11.3 Å². The molecule has 0 aromatic carbocycles. The predicted molar refractivity (Wildman–Crippen MR) is 78.4 cm³/mol. The van der Waals surface area contributed by atoms with Crippen LogP contribution in [-0.4, -0.2) is 15.9 Å². The number of hydrogen-bond donors (Lipinski definition) is 1. The second kappa shape index (κ2) is 6.03. The summed E-state index contributed by atoms with van der Waals surface area (Å²) in [5.41, 5.74) is -0.0881. The lowest BCUT2D eigenvalue weighted by Gasteiger charge is -2.04. The molecule has 0 saturated heterocycles. The van der Waals surface area contributed by atoms with Crippen LogP contribution in [-0.2, 0) is 0 Å². The van der Waals surface area contributed by atoms with Crippen molar-refractivity contribution in [1.29, 1.82) is 0 Å². The molecule has 1 amide bonds. The molecule has 0 aliphatic rings. The fourth-order valence-electron chi connectivity index (χ4n) is 1.38. The molecular formula is C12H10Cl2FN3OS. The monoisotopic (exact) mass is 333 g/mol. The first-order valence-electron chi connectivity index (χ1n) is 5.67. The number of hydrogen-bond acceptors (Lipinski definition) is 4. The number of halogens is 3. The summed E-state index contributed by atoms with van der Waals surface area (Å²) < 4.78 is 13.3. The van der Waals surface area contributed by atoms with Crippen molar-refractivity contribution in [3.63, 3.8) is 0 Å². The molecular weight excluding hydrogens is 324 g/mol. The molecule has 0 saturated carbocycles. The summed E-state index contributed by atoms with van der Waals surface area (Å²) >= 11 is 12.6. The summed E-state index contributed by atoms with van der Waals surface area (Å²) in [7, 11) is 0. The van der Waals surface area contributed by atoms with Gasteiger partial charge in [-0.05, 0) is 12.0 Å². The smallest absolute Gasteiger partial charge is 0.260 e. The molecule has 0 atom stereocenters. The number of carbonyl (C=O) groups is 1. The second-order valence-electron chi connectivity index (χ2n) is 4.28. The number of thiazole rings is 1. The highest BCUT2D eigenvalue weighted by Crippen LogP contribution is 2.26. The first-order valence-corrected chi connectivity index (χ1v) is 7.24. The minimum absolute atomic E-state index is 0.0881. The van der Waals surface area contributed by atoms with Gasteiger partial charge in [0.05, 0.1) is 5.56 Å². The van der Waals surface area contributed by atoms with Crippen LogP contribution in [0.15, 0.2) is 12.3 Å². The molecule has 106 valence electrons. The van der Waals surface area contributed by atoms with Crippen molar-refractivity contribution in [2.24, 2.45) is 0 Å². The first-order chi connectivity index (χ1) is 9.38. The lowest BCUT2D eigenvalue weighted by Crippen LogP contribution is -2.13. The van der Waals surface area contributed by atoms with Gasteiger partial charge in [0.25, 0.3) is 5.91 Å². The van der Waals surface area contributed by atoms with Crippen LogP contribution in [0.25, 0.3) is 0 Å². The Morgan fingerprint density at radius 2 is 2.10 bits per heavy atom. The third-order valence-electron chi connectivity index (χ3n) is 2.44. The van der Waals surface area contributed by atoms with Gasteiger partial charge in [-0.25, -0.2) is 14.4 Å². The summed E-state index contributed by atoms with van der Waals surface area (Å²) in [6.07, 6.45) is 1.69. The Kier molecular flexibility index (Phi) is 4.57. The topological polar surface area (TPSA) is 54.9 Å². The van der Waals surface area contributed by atoms with E-state index in [1.54, 1.807) is 6.20 Å². The van der Waals surface area contributed by atoms with Crippen LogP contribution < -0.4 is 5.32 Å². The number of rotatable bonds is 3. The third kappa shape index (κ3) is 3.26. The maximum atomic E-state index is 13.3. The average molecular weight is 334 g/mol. The third-order valence-corrected chi connectivity index (χ3v) is 4.21. The molecule has 0 fully saturated rings. The van der Waals surface area contributed by atoms with E-state index in [1.807, 2.05) is 13.8 Å². The summed E-state index contributed by atoms with van der Waals surface area (Å²) in [5, 5.41) is 2.45. The fourth-order valence-corrected chi connectivity index (χ4v) is 2.60. The Morgan fingerprint density at radius 3 is 2.70 bits per heavy atom. The summed E-state index contributed by atoms with van der Waals surface area (Å²) in [6, 6.07) is 0.948. The molecule has 0 aliphatic carbocycles. The molecule has 2 heterocycles. The fraction of sp³-hybridized carbons (Fsp3) is 0.250. The molecule has 2 rings (SSSR count). The van der Waals surface area contributed by atoms with E-state index in [2.05, 4.69) is 15.3 Å². The summed E-state index contributed by atoms with van der Waals surface area (Å²) in [5.74, 6) is -1.07. The molecule has 8 heteroatoms. The van der Waals surface area contributed by atoms with E-state index in [9.17, 15) is 9.18 Å². The Hall–Kier alpha value is -1.24. The number of amides is 1. The van der Waals surface area contributed by atoms with Gasteiger partial charge < -0.3 is 0 Å². The van der Waals surface area contributed by atoms with Gasteiger partial charge in [0.15, 0.2) is 16.1 Å². The van der Waals surface area contributed by atoms with Crippen molar-refractivity contribution in [2.75, 3.05) is 5.32 Å². The van der Waals surface area contributed by atoms with Gasteiger partial charge in [-0.1, -0.05) is 37.0 Å². The second-order valence-corrected chi connectivity index (χ2v) is 6.05. The number of anilines is 1. The van der Waals surface area contributed by atoms with Crippen LogP contribution in [0.3, 0.4) is 0 Å². The molecule has 20 heavy (non-hydrogen) atoms. The molecule has 1 N–H and O–H groups in total. The SMILES string of the molecule is CC(C)c1cnc(NC(=O)c2cc(F)c(Cl)nc2Cl)s1. The molecule has 2 aromatic rings. The van der Waals surface area contributed by atoms with E-state index >= 15 is 0 Å². The van der Waals surface area contributed by atoms with Gasteiger partial charge in [0, 0.05) is 11.1 Å². The van der Waals surface area contributed by atoms with E-state index in [0.29, 0.717) is 11.0 Å². The largest absolute Gasteiger partial charge is 0.298 e. The highest BCUT2D eigenvalue weighted by Gasteiger charge is 2.17. The molecule has 0 unspecified atom stereocenters. The Labute approximate surface area is 129 Å². The van der Waals surface area contributed by atoms with E-state index in [1.165, 1.54) is 11.3 Å². The van der Waals surface area contributed by atoms with Crippen molar-refractivity contribution in [3.05, 3.63) is 38.8 Å². The normalized spacial score (nSPS) is 10.9. The molecule has 4 nitrogen and oxygen atoms in total. The zero-order chi connectivity index (χ0) is 14.9. The molecule has 0 spiro atoms. The zero-order valence-corrected chi connectivity index (χ0v) is 12.9. The number of carbonyl (C=O) groups excluding carboxylic acids is 1. The number of pyridine rings is 1. The van der Waals surface area contributed by atoms with E-state index < -0.39 is 11.7 Å². The van der Waals surface area contributed by atoms with Gasteiger partial charge in [-0.2, -0.15) is 0 Å². The maximum absolute atomic E-state index is 13.3. The Bertz CT molecular complexity index is 660. The Balaban J connectivity index is 2.21. The summed E-state index contributed by atoms with van der Waals surface area (Å²) in [4.78, 5) is 20.7. The highest BCUT2D eigenvalue weighted by molar-refractivity contribution is 7.15. The van der Waals surface area contributed by atoms with Crippen LogP contribution in [0.2, 0.25) is 10.3 Å². The Morgan fingerprint density at radius 1 is 1.40 bits per heavy atom. The van der Waals surface area contributed by atoms with Crippen molar-refractivity contribution in [3.8, 4) is 0 Å². The van der Waals surface area contributed by atoms with Crippen molar-refractivity contribution in [2.45, 2.75) is 19.8 Å². The average Bonchev–Trinajstić information content (AvgIpc) is 2.82. The minimum Gasteiger partial charge on any atom is -0.298 e. The predicted octanol–water partition coefficient (Wildman–Crippen LogP) is 4.36. The molecule has 0 bridgehead atoms. The minimum atomic E-state index is -0.803. The van der Waals surface area contributed by atoms with Crippen molar-refractivity contribution >= 4 is 45.6 Å². The first kappa shape index (κ1) is 15.2. The molecule has 0 aliphatic heterocycles. The summed E-state index contributed by atoms with van der Waals surface area (Å²) in [6.45, 7) is 4.04. The van der Waals surface area contributed by atoms with E-state index in [-0.39, 0.29) is 15.9 Å². The van der Waals surface area contributed by atoms with Gasteiger partial charge in [0.2, 0.25) is 0 Å². The lowest BCUT2D eigenvalue weighted by molar-refractivity contribution is 0.102. The van der Waals surface area contributed by atoms with Gasteiger partial charge in [-0.3, -0.25) is 10.1 Å². The van der Waals surface area contributed by atoms with E-state index in [0.717, 1.165) is 10.9 Å². The maximum Gasteiger partial charge on any atom is 0.260 e. The zero-order valence-electron chi connectivity index (χ0n) is 10.6. The standard InChI is InChI=1S/C12H10Cl2FN3OS/c1-5(2)8-4-16-12(20-8)18-11(19)6-3-7(15)10(14)17-9(6)13/h3-5H,1-2H3,(H,16,18,19). The molecule has 0 radical (unpaired) electrons. The lowest BCUT2D eigenvalue weighted by atomic mass is 10.2. The van der Waals surface area contributed by atoms with Crippen LogP contribution in [0.4, 0.5) is 9.52 Å². The van der Waals surface area contributed by atoms with Crippen molar-refractivity contribution in [1.82, 2.24) is 9.97 Å². The van der Waals surface area contributed by atoms with Gasteiger partial charge >= 0.3 is 0 Å². The van der Waals surface area contributed by atoms with Gasteiger partial charge in [0.1, 0.15) is 5.15 Å². The van der Waals surface area contributed by atoms with E-state index in [4.69, 9.17) is 23.2 Å².